The zero-order chi connectivity index (χ0) is 23.6. The first-order valence-corrected chi connectivity index (χ1v) is 12.0. The van der Waals surface area contributed by atoms with Crippen LogP contribution in [-0.4, -0.2) is 24.5 Å². The average molecular weight is 466 g/mol. The van der Waals surface area contributed by atoms with Gasteiger partial charge in [0.1, 0.15) is 11.5 Å². The topological polar surface area (TPSA) is 115 Å². The number of sulfone groups is 1. The third-order valence-electron chi connectivity index (χ3n) is 5.02. The summed E-state index contributed by atoms with van der Waals surface area (Å²) in [6.45, 7) is 5.76. The highest BCUT2D eigenvalue weighted by atomic mass is 32.2. The summed E-state index contributed by atoms with van der Waals surface area (Å²) in [6, 6.07) is 16.5. The molecule has 0 fully saturated rings. The standard InChI is InChI=1S/C24H23N3O5S/c1-15(2)22-26-24(32-27-22)19-11-7-8-16(3)21(19)25-23(28)20-13-12-17(31-20)14-33(29,30)18-9-5-4-6-10-18/h4-13,15H,14H2,1-3H3,(H,25,28). The minimum atomic E-state index is -3.59. The molecule has 0 saturated carbocycles. The Balaban J connectivity index is 1.56. The molecule has 0 radical (unpaired) electrons. The summed E-state index contributed by atoms with van der Waals surface area (Å²) in [7, 11) is -3.59. The Labute approximate surface area is 191 Å². The van der Waals surface area contributed by atoms with Crippen molar-refractivity contribution in [1.82, 2.24) is 10.1 Å². The first-order valence-electron chi connectivity index (χ1n) is 10.4. The molecule has 0 bridgehead atoms. The molecule has 0 aliphatic carbocycles. The van der Waals surface area contributed by atoms with Gasteiger partial charge >= 0.3 is 0 Å². The van der Waals surface area contributed by atoms with Crippen LogP contribution < -0.4 is 5.32 Å². The lowest BCUT2D eigenvalue weighted by Gasteiger charge is -2.10. The van der Waals surface area contributed by atoms with E-state index in [1.54, 1.807) is 24.3 Å². The second-order valence-electron chi connectivity index (χ2n) is 7.90. The smallest absolute Gasteiger partial charge is 0.291 e. The SMILES string of the molecule is Cc1cccc(-c2nc(C(C)C)no2)c1NC(=O)c1ccc(CS(=O)(=O)c2ccccc2)o1. The summed E-state index contributed by atoms with van der Waals surface area (Å²) in [5.41, 5.74) is 1.89. The van der Waals surface area contributed by atoms with E-state index < -0.39 is 15.7 Å². The van der Waals surface area contributed by atoms with E-state index in [9.17, 15) is 13.2 Å². The van der Waals surface area contributed by atoms with Crippen LogP contribution in [0.3, 0.4) is 0 Å². The van der Waals surface area contributed by atoms with Crippen molar-refractivity contribution in [2.75, 3.05) is 5.32 Å². The van der Waals surface area contributed by atoms with Crippen molar-refractivity contribution in [3.8, 4) is 11.5 Å². The van der Waals surface area contributed by atoms with Crippen LogP contribution in [0.15, 0.2) is 74.5 Å². The van der Waals surface area contributed by atoms with Gasteiger partial charge < -0.3 is 14.3 Å². The molecule has 0 spiro atoms. The molecule has 170 valence electrons. The maximum absolute atomic E-state index is 12.9. The Morgan fingerprint density at radius 3 is 2.48 bits per heavy atom. The number of para-hydroxylation sites is 1. The quantitative estimate of drug-likeness (QED) is 0.409. The third-order valence-corrected chi connectivity index (χ3v) is 6.67. The summed E-state index contributed by atoms with van der Waals surface area (Å²) >= 11 is 0. The van der Waals surface area contributed by atoms with E-state index in [-0.39, 0.29) is 28.1 Å². The molecule has 2 heterocycles. The van der Waals surface area contributed by atoms with Crippen LogP contribution in [0.25, 0.3) is 11.5 Å². The zero-order valence-corrected chi connectivity index (χ0v) is 19.2. The third kappa shape index (κ3) is 4.88. The Hall–Kier alpha value is -3.72. The highest BCUT2D eigenvalue weighted by Crippen LogP contribution is 2.31. The number of benzene rings is 2. The van der Waals surface area contributed by atoms with Crippen molar-refractivity contribution >= 4 is 21.4 Å². The van der Waals surface area contributed by atoms with Gasteiger partial charge in [0, 0.05) is 5.92 Å². The summed E-state index contributed by atoms with van der Waals surface area (Å²) in [6.07, 6.45) is 0. The van der Waals surface area contributed by atoms with Gasteiger partial charge in [0.15, 0.2) is 21.4 Å². The molecule has 2 aromatic carbocycles. The van der Waals surface area contributed by atoms with Crippen molar-refractivity contribution in [3.05, 3.63) is 83.6 Å². The highest BCUT2D eigenvalue weighted by molar-refractivity contribution is 7.90. The Kier molecular flexibility index (Phi) is 6.15. The van der Waals surface area contributed by atoms with Gasteiger partial charge in [0.05, 0.1) is 16.1 Å². The lowest BCUT2D eigenvalue weighted by Crippen LogP contribution is -2.13. The Morgan fingerprint density at radius 1 is 1.03 bits per heavy atom. The van der Waals surface area contributed by atoms with Crippen LogP contribution in [0.2, 0.25) is 0 Å². The van der Waals surface area contributed by atoms with Crippen LogP contribution in [-0.2, 0) is 15.6 Å². The van der Waals surface area contributed by atoms with Gasteiger partial charge in [0.2, 0.25) is 0 Å². The molecule has 4 aromatic rings. The normalized spacial score (nSPS) is 11.6. The van der Waals surface area contributed by atoms with Crippen molar-refractivity contribution in [1.29, 1.82) is 0 Å². The molecule has 2 aromatic heterocycles. The molecular formula is C24H23N3O5S. The van der Waals surface area contributed by atoms with E-state index in [1.807, 2.05) is 32.9 Å². The molecule has 0 aliphatic rings. The molecular weight excluding hydrogens is 442 g/mol. The molecule has 0 aliphatic heterocycles. The summed E-state index contributed by atoms with van der Waals surface area (Å²) in [5, 5.41) is 6.82. The van der Waals surface area contributed by atoms with Crippen molar-refractivity contribution in [2.24, 2.45) is 0 Å². The molecule has 0 saturated heterocycles. The van der Waals surface area contributed by atoms with Gasteiger partial charge in [-0.25, -0.2) is 8.42 Å². The predicted octanol–water partition coefficient (Wildman–Crippen LogP) is 4.99. The molecule has 9 heteroatoms. The number of nitrogens with zero attached hydrogens (tertiary/aromatic N) is 2. The largest absolute Gasteiger partial charge is 0.455 e. The van der Waals surface area contributed by atoms with Gasteiger partial charge in [-0.3, -0.25) is 4.79 Å². The van der Waals surface area contributed by atoms with Crippen molar-refractivity contribution in [2.45, 2.75) is 37.3 Å². The molecule has 1 N–H and O–H groups in total. The van der Waals surface area contributed by atoms with Gasteiger partial charge in [-0.15, -0.1) is 0 Å². The fourth-order valence-electron chi connectivity index (χ4n) is 3.24. The molecule has 8 nitrogen and oxygen atoms in total. The minimum absolute atomic E-state index is 0.00383. The monoisotopic (exact) mass is 465 g/mol. The molecule has 0 atom stereocenters. The first kappa shape index (κ1) is 22.5. The van der Waals surface area contributed by atoms with Gasteiger partial charge in [-0.05, 0) is 42.8 Å². The van der Waals surface area contributed by atoms with Crippen molar-refractivity contribution in [3.63, 3.8) is 0 Å². The fourth-order valence-corrected chi connectivity index (χ4v) is 4.51. The maximum Gasteiger partial charge on any atom is 0.291 e. The number of hydrogen-bond donors (Lipinski definition) is 1. The number of aryl methyl sites for hydroxylation is 1. The predicted molar refractivity (Wildman–Crippen MR) is 123 cm³/mol. The van der Waals surface area contributed by atoms with Crippen LogP contribution in [0.1, 0.15) is 47.5 Å². The average Bonchev–Trinajstić information content (AvgIpc) is 3.45. The number of carbonyl (C=O) groups excluding carboxylic acids is 1. The number of nitrogens with one attached hydrogen (secondary N) is 1. The summed E-state index contributed by atoms with van der Waals surface area (Å²) < 4.78 is 36.1. The van der Waals surface area contributed by atoms with Gasteiger partial charge in [0.25, 0.3) is 11.8 Å². The number of hydrogen-bond acceptors (Lipinski definition) is 7. The number of carbonyl (C=O) groups is 1. The maximum atomic E-state index is 12.9. The summed E-state index contributed by atoms with van der Waals surface area (Å²) in [4.78, 5) is 17.5. The number of rotatable bonds is 7. The van der Waals surface area contributed by atoms with E-state index in [0.717, 1.165) is 5.56 Å². The van der Waals surface area contributed by atoms with E-state index in [1.165, 1.54) is 24.3 Å². The van der Waals surface area contributed by atoms with Crippen LogP contribution >= 0.6 is 0 Å². The Bertz CT molecular complexity index is 1390. The highest BCUT2D eigenvalue weighted by Gasteiger charge is 2.22. The van der Waals surface area contributed by atoms with E-state index in [4.69, 9.17) is 8.94 Å². The van der Waals surface area contributed by atoms with Crippen LogP contribution in [0.5, 0.6) is 0 Å². The van der Waals surface area contributed by atoms with Crippen LogP contribution in [0.4, 0.5) is 5.69 Å². The fraction of sp³-hybridized carbons (Fsp3) is 0.208. The number of aromatic nitrogens is 2. The van der Waals surface area contributed by atoms with Crippen LogP contribution in [0, 0.1) is 6.92 Å². The van der Waals surface area contributed by atoms with E-state index in [2.05, 4.69) is 15.5 Å². The molecule has 4 rings (SSSR count). The van der Waals surface area contributed by atoms with E-state index in [0.29, 0.717) is 23.0 Å². The Morgan fingerprint density at radius 2 is 1.79 bits per heavy atom. The number of amides is 1. The summed E-state index contributed by atoms with van der Waals surface area (Å²) in [5.74, 6) is 0.269. The first-order chi connectivity index (χ1) is 15.7. The number of anilines is 1. The lowest BCUT2D eigenvalue weighted by atomic mass is 10.1. The lowest BCUT2D eigenvalue weighted by molar-refractivity contribution is 0.0995. The van der Waals surface area contributed by atoms with Gasteiger partial charge in [-0.2, -0.15) is 4.98 Å². The second kappa shape index (κ2) is 9.03. The minimum Gasteiger partial charge on any atom is -0.455 e. The molecule has 0 unspecified atom stereocenters. The van der Waals surface area contributed by atoms with Crippen molar-refractivity contribution < 1.29 is 22.2 Å². The molecule has 1 amide bonds. The second-order valence-corrected chi connectivity index (χ2v) is 9.89. The molecule has 33 heavy (non-hydrogen) atoms. The van der Waals surface area contributed by atoms with E-state index >= 15 is 0 Å². The van der Waals surface area contributed by atoms with Gasteiger partial charge in [-0.1, -0.05) is 49.3 Å². The number of furan rings is 1. The zero-order valence-electron chi connectivity index (χ0n) is 18.4.